The molecular formula is C14H15BrFNO2. The Morgan fingerprint density at radius 1 is 1.37 bits per heavy atom. The van der Waals surface area contributed by atoms with Crippen molar-refractivity contribution in [2.75, 3.05) is 7.05 Å². The lowest BCUT2D eigenvalue weighted by Crippen LogP contribution is -2.04. The van der Waals surface area contributed by atoms with E-state index in [1.54, 1.807) is 12.1 Å². The van der Waals surface area contributed by atoms with Gasteiger partial charge in [0.1, 0.15) is 18.1 Å². The Balaban J connectivity index is 2.06. The molecule has 0 aliphatic rings. The van der Waals surface area contributed by atoms with E-state index >= 15 is 0 Å². The quantitative estimate of drug-likeness (QED) is 0.907. The highest BCUT2D eigenvalue weighted by atomic mass is 79.9. The maximum Gasteiger partial charge on any atom is 0.165 e. The predicted molar refractivity (Wildman–Crippen MR) is 74.6 cm³/mol. The van der Waals surface area contributed by atoms with E-state index < -0.39 is 0 Å². The molecule has 0 radical (unpaired) electrons. The molecule has 0 saturated carbocycles. The first kappa shape index (κ1) is 14.1. The number of furan rings is 1. The van der Waals surface area contributed by atoms with Gasteiger partial charge in [0.15, 0.2) is 11.6 Å². The molecule has 0 aliphatic carbocycles. The van der Waals surface area contributed by atoms with Gasteiger partial charge in [0.2, 0.25) is 0 Å². The predicted octanol–water partition coefficient (Wildman–Crippen LogP) is 3.79. The van der Waals surface area contributed by atoms with E-state index in [1.807, 2.05) is 20.0 Å². The molecular weight excluding hydrogens is 313 g/mol. The van der Waals surface area contributed by atoms with E-state index in [9.17, 15) is 4.39 Å². The van der Waals surface area contributed by atoms with Crippen molar-refractivity contribution in [3.05, 3.63) is 51.6 Å². The summed E-state index contributed by atoms with van der Waals surface area (Å²) in [5, 5.41) is 3.03. The Hall–Kier alpha value is -1.33. The van der Waals surface area contributed by atoms with Crippen molar-refractivity contribution in [1.29, 1.82) is 0 Å². The molecule has 3 nitrogen and oxygen atoms in total. The molecule has 0 fully saturated rings. The summed E-state index contributed by atoms with van der Waals surface area (Å²) in [5.41, 5.74) is 1.06. The van der Waals surface area contributed by atoms with Crippen molar-refractivity contribution in [3.63, 3.8) is 0 Å². The van der Waals surface area contributed by atoms with E-state index in [-0.39, 0.29) is 18.2 Å². The van der Waals surface area contributed by atoms with Crippen molar-refractivity contribution >= 4 is 15.9 Å². The van der Waals surface area contributed by atoms with Gasteiger partial charge in [-0.1, -0.05) is 15.9 Å². The average Bonchev–Trinajstić information content (AvgIpc) is 2.72. The van der Waals surface area contributed by atoms with E-state index in [2.05, 4.69) is 21.2 Å². The van der Waals surface area contributed by atoms with E-state index in [1.165, 1.54) is 6.07 Å². The van der Waals surface area contributed by atoms with Crippen molar-refractivity contribution in [3.8, 4) is 5.75 Å². The van der Waals surface area contributed by atoms with Gasteiger partial charge in [0.25, 0.3) is 0 Å². The molecule has 1 N–H and O–H groups in total. The van der Waals surface area contributed by atoms with Gasteiger partial charge < -0.3 is 14.5 Å². The van der Waals surface area contributed by atoms with Crippen molar-refractivity contribution < 1.29 is 13.5 Å². The molecule has 0 aliphatic heterocycles. The fourth-order valence-electron chi connectivity index (χ4n) is 1.73. The maximum atomic E-state index is 13.5. The third-order valence-electron chi connectivity index (χ3n) is 2.67. The number of hydrogen-bond acceptors (Lipinski definition) is 3. The molecule has 19 heavy (non-hydrogen) atoms. The highest BCUT2D eigenvalue weighted by Crippen LogP contribution is 2.24. The number of nitrogens with one attached hydrogen (secondary N) is 1. The van der Waals surface area contributed by atoms with Gasteiger partial charge >= 0.3 is 0 Å². The molecule has 2 rings (SSSR count). The minimum absolute atomic E-state index is 0.206. The Kier molecular flexibility index (Phi) is 4.61. The molecule has 0 amide bonds. The van der Waals surface area contributed by atoms with Crippen LogP contribution < -0.4 is 10.1 Å². The molecule has 0 spiro atoms. The van der Waals surface area contributed by atoms with Gasteiger partial charge in [0.05, 0.1) is 6.54 Å². The fraction of sp³-hybridized carbons (Fsp3) is 0.286. The lowest BCUT2D eigenvalue weighted by Gasteiger charge is -2.05. The Morgan fingerprint density at radius 3 is 2.89 bits per heavy atom. The van der Waals surface area contributed by atoms with E-state index in [4.69, 9.17) is 9.15 Å². The van der Waals surface area contributed by atoms with Crippen molar-refractivity contribution in [1.82, 2.24) is 5.32 Å². The van der Waals surface area contributed by atoms with Crippen LogP contribution in [0, 0.1) is 12.7 Å². The van der Waals surface area contributed by atoms with Crippen molar-refractivity contribution in [2.24, 2.45) is 0 Å². The second kappa shape index (κ2) is 6.21. The number of halogens is 2. The van der Waals surface area contributed by atoms with Gasteiger partial charge in [-0.25, -0.2) is 4.39 Å². The maximum absolute atomic E-state index is 13.5. The summed E-state index contributed by atoms with van der Waals surface area (Å²) in [4.78, 5) is 0. The summed E-state index contributed by atoms with van der Waals surface area (Å²) in [6.45, 7) is 2.84. The largest absolute Gasteiger partial charge is 0.483 e. The zero-order valence-electron chi connectivity index (χ0n) is 10.8. The summed E-state index contributed by atoms with van der Waals surface area (Å²) in [7, 11) is 1.86. The Bertz CT molecular complexity index is 569. The first-order valence-corrected chi connectivity index (χ1v) is 6.70. The normalized spacial score (nSPS) is 10.7. The van der Waals surface area contributed by atoms with Gasteiger partial charge in [-0.2, -0.15) is 0 Å². The van der Waals surface area contributed by atoms with Crippen LogP contribution in [0.2, 0.25) is 0 Å². The summed E-state index contributed by atoms with van der Waals surface area (Å²) in [6.07, 6.45) is 0. The summed E-state index contributed by atoms with van der Waals surface area (Å²) in [5.74, 6) is 1.37. The minimum Gasteiger partial charge on any atom is -0.483 e. The monoisotopic (exact) mass is 327 g/mol. The first-order chi connectivity index (χ1) is 9.10. The van der Waals surface area contributed by atoms with Crippen molar-refractivity contribution in [2.45, 2.75) is 20.1 Å². The number of aryl methyl sites for hydroxylation is 1. The molecule has 5 heteroatoms. The highest BCUT2D eigenvalue weighted by molar-refractivity contribution is 9.10. The average molecular weight is 328 g/mol. The first-order valence-electron chi connectivity index (χ1n) is 5.91. The molecule has 0 unspecified atom stereocenters. The van der Waals surface area contributed by atoms with Gasteiger partial charge in [-0.15, -0.1) is 0 Å². The molecule has 1 heterocycles. The summed E-state index contributed by atoms with van der Waals surface area (Å²) < 4.78 is 25.3. The third kappa shape index (κ3) is 3.58. The molecule has 102 valence electrons. The Labute approximate surface area is 119 Å². The SMILES string of the molecule is CNCc1oc(COc2cc(Br)ccc2F)cc1C. The number of ether oxygens (including phenoxy) is 1. The van der Waals surface area contributed by atoms with Crippen LogP contribution in [-0.4, -0.2) is 7.05 Å². The molecule has 2 aromatic rings. The van der Waals surface area contributed by atoms with Crippen LogP contribution in [-0.2, 0) is 13.2 Å². The van der Waals surface area contributed by atoms with E-state index in [0.29, 0.717) is 12.3 Å². The molecule has 1 aromatic carbocycles. The summed E-state index contributed by atoms with van der Waals surface area (Å²) >= 11 is 3.28. The van der Waals surface area contributed by atoms with Gasteiger partial charge in [-0.05, 0) is 43.8 Å². The fourth-order valence-corrected chi connectivity index (χ4v) is 2.07. The van der Waals surface area contributed by atoms with Crippen LogP contribution in [0.3, 0.4) is 0 Å². The lowest BCUT2D eigenvalue weighted by atomic mass is 10.2. The zero-order chi connectivity index (χ0) is 13.8. The number of benzene rings is 1. The molecule has 0 bridgehead atoms. The smallest absolute Gasteiger partial charge is 0.165 e. The lowest BCUT2D eigenvalue weighted by molar-refractivity contribution is 0.254. The van der Waals surface area contributed by atoms with Crippen LogP contribution in [0.1, 0.15) is 17.1 Å². The highest BCUT2D eigenvalue weighted by Gasteiger charge is 2.09. The molecule has 1 aromatic heterocycles. The number of rotatable bonds is 5. The standard InChI is InChI=1S/C14H15BrFNO2/c1-9-5-11(19-14(9)7-17-2)8-18-13-6-10(15)3-4-12(13)16/h3-6,17H,7-8H2,1-2H3. The number of hydrogen-bond donors (Lipinski definition) is 1. The second-order valence-electron chi connectivity index (χ2n) is 4.21. The molecule has 0 atom stereocenters. The van der Waals surface area contributed by atoms with Crippen LogP contribution in [0.25, 0.3) is 0 Å². The van der Waals surface area contributed by atoms with Gasteiger partial charge in [0, 0.05) is 4.47 Å². The molecule has 0 saturated heterocycles. The van der Waals surface area contributed by atoms with Crippen LogP contribution in [0.5, 0.6) is 5.75 Å². The third-order valence-corrected chi connectivity index (χ3v) is 3.17. The second-order valence-corrected chi connectivity index (χ2v) is 5.13. The van der Waals surface area contributed by atoms with Crippen LogP contribution in [0.15, 0.2) is 33.2 Å². The topological polar surface area (TPSA) is 34.4 Å². The van der Waals surface area contributed by atoms with Crippen LogP contribution in [0.4, 0.5) is 4.39 Å². The van der Waals surface area contributed by atoms with Gasteiger partial charge in [-0.3, -0.25) is 0 Å². The zero-order valence-corrected chi connectivity index (χ0v) is 12.4. The minimum atomic E-state index is -0.387. The van der Waals surface area contributed by atoms with E-state index in [0.717, 1.165) is 15.8 Å². The Morgan fingerprint density at radius 2 is 2.16 bits per heavy atom. The van der Waals surface area contributed by atoms with Crippen LogP contribution >= 0.6 is 15.9 Å². The summed E-state index contributed by atoms with van der Waals surface area (Å²) in [6, 6.07) is 6.49.